The molecule has 0 bridgehead atoms. The van der Waals surface area contributed by atoms with Crippen molar-refractivity contribution in [1.29, 1.82) is 0 Å². The van der Waals surface area contributed by atoms with Crippen molar-refractivity contribution in [2.45, 2.75) is 6.04 Å². The first-order valence-electron chi connectivity index (χ1n) is 5.49. The maximum Gasteiger partial charge on any atom is 0.131 e. The highest BCUT2D eigenvalue weighted by molar-refractivity contribution is 14.1. The lowest BCUT2D eigenvalue weighted by molar-refractivity contribution is 0.551. The maximum atomic E-state index is 13.8. The predicted octanol–water partition coefficient (Wildman–Crippen LogP) is 3.88. The Kier molecular flexibility index (Phi) is 4.29. The lowest BCUT2D eigenvalue weighted by Crippen LogP contribution is -2.19. The first-order valence-corrected chi connectivity index (χ1v) is 6.57. The highest BCUT2D eigenvalue weighted by Crippen LogP contribution is 2.25. The van der Waals surface area contributed by atoms with Crippen molar-refractivity contribution in [3.8, 4) is 0 Å². The van der Waals surface area contributed by atoms with Crippen molar-refractivity contribution in [3.63, 3.8) is 0 Å². The molecule has 18 heavy (non-hydrogen) atoms. The molecule has 94 valence electrons. The zero-order chi connectivity index (χ0) is 13.1. The molecule has 4 heteroatoms. The summed E-state index contributed by atoms with van der Waals surface area (Å²) in [6.45, 7) is 0. The van der Waals surface area contributed by atoms with Gasteiger partial charge < -0.3 is 5.32 Å². The van der Waals surface area contributed by atoms with E-state index in [1.54, 1.807) is 7.05 Å². The van der Waals surface area contributed by atoms with Crippen molar-refractivity contribution in [1.82, 2.24) is 5.32 Å². The van der Waals surface area contributed by atoms with Crippen molar-refractivity contribution >= 4 is 22.6 Å². The molecule has 0 aliphatic heterocycles. The van der Waals surface area contributed by atoms with E-state index >= 15 is 0 Å². The first kappa shape index (κ1) is 13.4. The predicted molar refractivity (Wildman–Crippen MR) is 76.4 cm³/mol. The molecule has 1 nitrogen and oxygen atoms in total. The lowest BCUT2D eigenvalue weighted by atomic mass is 9.98. The molecule has 0 saturated carbocycles. The normalized spacial score (nSPS) is 12.4. The average Bonchev–Trinajstić information content (AvgIpc) is 2.33. The topological polar surface area (TPSA) is 12.0 Å². The molecular weight excluding hydrogens is 347 g/mol. The van der Waals surface area contributed by atoms with Crippen LogP contribution in [0.3, 0.4) is 0 Å². The minimum atomic E-state index is -0.561. The van der Waals surface area contributed by atoms with E-state index in [1.807, 2.05) is 24.3 Å². The van der Waals surface area contributed by atoms with Crippen LogP contribution in [0, 0.1) is 15.2 Å². The van der Waals surface area contributed by atoms with Gasteiger partial charge in [-0.2, -0.15) is 0 Å². The van der Waals surface area contributed by atoms with Gasteiger partial charge in [0.05, 0.1) is 6.04 Å². The summed E-state index contributed by atoms with van der Waals surface area (Å²) in [5, 5.41) is 3.06. The van der Waals surface area contributed by atoms with Gasteiger partial charge in [-0.3, -0.25) is 0 Å². The number of hydrogen-bond donors (Lipinski definition) is 1. The molecule has 0 aliphatic rings. The van der Waals surface area contributed by atoms with Crippen LogP contribution in [-0.4, -0.2) is 7.05 Å². The van der Waals surface area contributed by atoms with Crippen molar-refractivity contribution in [3.05, 3.63) is 68.8 Å². The van der Waals surface area contributed by atoms with Gasteiger partial charge in [0.15, 0.2) is 0 Å². The van der Waals surface area contributed by atoms with Gasteiger partial charge in [-0.15, -0.1) is 0 Å². The maximum absolute atomic E-state index is 13.8. The second-order valence-corrected chi connectivity index (χ2v) is 5.19. The number of hydrogen-bond acceptors (Lipinski definition) is 1. The largest absolute Gasteiger partial charge is 0.309 e. The quantitative estimate of drug-likeness (QED) is 0.821. The molecule has 1 unspecified atom stereocenters. The number of rotatable bonds is 3. The third-order valence-corrected chi connectivity index (χ3v) is 3.42. The molecule has 0 spiro atoms. The van der Waals surface area contributed by atoms with E-state index in [0.29, 0.717) is 5.56 Å². The third kappa shape index (κ3) is 2.87. The molecule has 2 aromatic carbocycles. The molecule has 0 aromatic heterocycles. The van der Waals surface area contributed by atoms with E-state index in [2.05, 4.69) is 27.9 Å². The SMILES string of the molecule is CNC(c1cccc(I)c1)c1ccc(F)cc1F. The van der Waals surface area contributed by atoms with Crippen molar-refractivity contribution in [2.75, 3.05) is 7.05 Å². The van der Waals surface area contributed by atoms with Gasteiger partial charge in [-0.1, -0.05) is 18.2 Å². The van der Waals surface area contributed by atoms with E-state index in [4.69, 9.17) is 0 Å². The molecule has 1 N–H and O–H groups in total. The number of halogens is 3. The average molecular weight is 359 g/mol. The standard InChI is InChI=1S/C14H12F2IN/c1-18-14(9-3-2-4-11(17)7-9)12-6-5-10(15)8-13(12)16/h2-8,14,18H,1H3. The minimum absolute atomic E-state index is 0.277. The number of benzene rings is 2. The summed E-state index contributed by atoms with van der Waals surface area (Å²) in [6.07, 6.45) is 0. The van der Waals surface area contributed by atoms with Gasteiger partial charge in [-0.05, 0) is 53.4 Å². The second-order valence-electron chi connectivity index (χ2n) is 3.94. The van der Waals surface area contributed by atoms with Crippen LogP contribution in [-0.2, 0) is 0 Å². The Bertz CT molecular complexity index is 557. The lowest BCUT2D eigenvalue weighted by Gasteiger charge is -2.18. The second kappa shape index (κ2) is 5.75. The Morgan fingerprint density at radius 1 is 1.11 bits per heavy atom. The van der Waals surface area contributed by atoms with Gasteiger partial charge in [0.2, 0.25) is 0 Å². The molecule has 2 aromatic rings. The molecule has 0 fully saturated rings. The van der Waals surface area contributed by atoms with Crippen LogP contribution >= 0.6 is 22.6 Å². The first-order chi connectivity index (χ1) is 8.61. The van der Waals surface area contributed by atoms with Gasteiger partial charge in [0.1, 0.15) is 11.6 Å². The van der Waals surface area contributed by atoms with Crippen LogP contribution in [0.1, 0.15) is 17.2 Å². The molecule has 0 amide bonds. The molecule has 0 saturated heterocycles. The Hall–Kier alpha value is -1.01. The summed E-state index contributed by atoms with van der Waals surface area (Å²) >= 11 is 2.21. The molecular formula is C14H12F2IN. The fourth-order valence-corrected chi connectivity index (χ4v) is 2.49. The fraction of sp³-hybridized carbons (Fsp3) is 0.143. The van der Waals surface area contributed by atoms with Gasteiger partial charge >= 0.3 is 0 Å². The Morgan fingerprint density at radius 3 is 2.50 bits per heavy atom. The van der Waals surface area contributed by atoms with Crippen LogP contribution in [0.5, 0.6) is 0 Å². The van der Waals surface area contributed by atoms with Gasteiger partial charge in [-0.25, -0.2) is 8.78 Å². The van der Waals surface area contributed by atoms with E-state index in [-0.39, 0.29) is 6.04 Å². The summed E-state index contributed by atoms with van der Waals surface area (Å²) in [7, 11) is 1.76. The van der Waals surface area contributed by atoms with E-state index in [0.717, 1.165) is 15.2 Å². The summed E-state index contributed by atoms with van der Waals surface area (Å²) in [4.78, 5) is 0. The molecule has 0 aliphatic carbocycles. The summed E-state index contributed by atoms with van der Waals surface area (Å²) < 4.78 is 27.8. The van der Waals surface area contributed by atoms with Gasteiger partial charge in [0.25, 0.3) is 0 Å². The van der Waals surface area contributed by atoms with Crippen LogP contribution < -0.4 is 5.32 Å². The summed E-state index contributed by atoms with van der Waals surface area (Å²) in [5.74, 6) is -1.10. The third-order valence-electron chi connectivity index (χ3n) is 2.74. The Morgan fingerprint density at radius 2 is 1.89 bits per heavy atom. The summed E-state index contributed by atoms with van der Waals surface area (Å²) in [6, 6.07) is 11.2. The summed E-state index contributed by atoms with van der Waals surface area (Å²) in [5.41, 5.74) is 1.40. The molecule has 2 rings (SSSR count). The van der Waals surface area contributed by atoms with Crippen LogP contribution in [0.25, 0.3) is 0 Å². The van der Waals surface area contributed by atoms with E-state index < -0.39 is 11.6 Å². The van der Waals surface area contributed by atoms with E-state index in [9.17, 15) is 8.78 Å². The molecule has 0 radical (unpaired) electrons. The highest BCUT2D eigenvalue weighted by Gasteiger charge is 2.16. The molecule has 0 heterocycles. The van der Waals surface area contributed by atoms with Crippen LogP contribution in [0.4, 0.5) is 8.78 Å². The number of nitrogens with one attached hydrogen (secondary N) is 1. The zero-order valence-electron chi connectivity index (χ0n) is 9.75. The van der Waals surface area contributed by atoms with Gasteiger partial charge in [0, 0.05) is 15.2 Å². The van der Waals surface area contributed by atoms with Crippen molar-refractivity contribution in [2.24, 2.45) is 0 Å². The van der Waals surface area contributed by atoms with Crippen molar-refractivity contribution < 1.29 is 8.78 Å². The molecule has 1 atom stereocenters. The van der Waals surface area contributed by atoms with Crippen LogP contribution in [0.2, 0.25) is 0 Å². The van der Waals surface area contributed by atoms with Crippen LogP contribution in [0.15, 0.2) is 42.5 Å². The Labute approximate surface area is 118 Å². The smallest absolute Gasteiger partial charge is 0.131 e. The Balaban J connectivity index is 2.45. The zero-order valence-corrected chi connectivity index (χ0v) is 11.9. The monoisotopic (exact) mass is 359 g/mol. The minimum Gasteiger partial charge on any atom is -0.309 e. The highest BCUT2D eigenvalue weighted by atomic mass is 127. The fourth-order valence-electron chi connectivity index (χ4n) is 1.92. The van der Waals surface area contributed by atoms with E-state index in [1.165, 1.54) is 12.1 Å².